The Kier molecular flexibility index (Phi) is 3.34. The number of aryl methyl sites for hydroxylation is 1. The van der Waals surface area contributed by atoms with Crippen LogP contribution in [0.25, 0.3) is 16.1 Å². The molecule has 6 heteroatoms. The van der Waals surface area contributed by atoms with E-state index in [-0.39, 0.29) is 5.91 Å². The van der Waals surface area contributed by atoms with Crippen molar-refractivity contribution < 1.29 is 4.79 Å². The van der Waals surface area contributed by atoms with Crippen molar-refractivity contribution in [1.82, 2.24) is 14.5 Å². The molecule has 0 aliphatic carbocycles. The number of likely N-dealkylation sites (tertiary alicyclic amines) is 1. The highest BCUT2D eigenvalue weighted by atomic mass is 32.1. The molecule has 1 aliphatic heterocycles. The second-order valence-electron chi connectivity index (χ2n) is 5.95. The molecule has 0 atom stereocenters. The van der Waals surface area contributed by atoms with Gasteiger partial charge in [-0.1, -0.05) is 0 Å². The summed E-state index contributed by atoms with van der Waals surface area (Å²) in [7, 11) is 0. The van der Waals surface area contributed by atoms with Crippen LogP contribution in [-0.2, 0) is 0 Å². The highest BCUT2D eigenvalue weighted by Crippen LogP contribution is 2.29. The van der Waals surface area contributed by atoms with Crippen molar-refractivity contribution in [2.24, 2.45) is 0 Å². The Hall–Kier alpha value is -2.34. The number of fused-ring (bicyclic) bond motifs is 1. The first-order valence-electron chi connectivity index (χ1n) is 7.77. The van der Waals surface area contributed by atoms with E-state index in [0.717, 1.165) is 42.0 Å². The van der Waals surface area contributed by atoms with Crippen LogP contribution >= 0.6 is 11.3 Å². The lowest BCUT2D eigenvalue weighted by molar-refractivity contribution is 0.0792. The summed E-state index contributed by atoms with van der Waals surface area (Å²) in [5, 5.41) is 4.60. The molecule has 0 unspecified atom stereocenters. The van der Waals surface area contributed by atoms with Crippen LogP contribution in [0.5, 0.6) is 0 Å². The van der Waals surface area contributed by atoms with Crippen LogP contribution in [0.2, 0.25) is 0 Å². The van der Waals surface area contributed by atoms with Crippen LogP contribution in [0.3, 0.4) is 0 Å². The third-order valence-corrected chi connectivity index (χ3v) is 5.26. The normalized spacial score (nSPS) is 14.7. The van der Waals surface area contributed by atoms with Crippen LogP contribution in [0.1, 0.15) is 28.1 Å². The second kappa shape index (κ2) is 5.38. The molecule has 1 amide bonds. The molecule has 0 saturated carbocycles. The van der Waals surface area contributed by atoms with Crippen LogP contribution in [0.15, 0.2) is 30.5 Å². The molecule has 4 heterocycles. The van der Waals surface area contributed by atoms with Gasteiger partial charge in [0.1, 0.15) is 5.69 Å². The highest BCUT2D eigenvalue weighted by Gasteiger charge is 2.21. The number of carbonyl (C=O) groups is 1. The van der Waals surface area contributed by atoms with Crippen LogP contribution in [0.4, 0.5) is 5.69 Å². The van der Waals surface area contributed by atoms with Crippen LogP contribution in [-0.4, -0.2) is 33.5 Å². The molecule has 5 nitrogen and oxygen atoms in total. The first-order valence-corrected chi connectivity index (χ1v) is 8.58. The summed E-state index contributed by atoms with van der Waals surface area (Å²) in [6, 6.07) is 7.88. The summed E-state index contributed by atoms with van der Waals surface area (Å²) in [5.41, 5.74) is 9.08. The summed E-state index contributed by atoms with van der Waals surface area (Å²) in [4.78, 5) is 16.8. The molecule has 1 saturated heterocycles. The number of anilines is 1. The summed E-state index contributed by atoms with van der Waals surface area (Å²) in [6.45, 7) is 3.73. The van der Waals surface area contributed by atoms with Crippen molar-refractivity contribution in [3.63, 3.8) is 0 Å². The fourth-order valence-electron chi connectivity index (χ4n) is 3.03. The van der Waals surface area contributed by atoms with E-state index < -0.39 is 0 Å². The third-order valence-electron chi connectivity index (χ3n) is 4.24. The zero-order valence-corrected chi connectivity index (χ0v) is 13.8. The largest absolute Gasteiger partial charge is 0.397 e. The lowest BCUT2D eigenvalue weighted by atomic mass is 10.2. The first-order chi connectivity index (χ1) is 11.1. The zero-order chi connectivity index (χ0) is 16.0. The topological polar surface area (TPSA) is 63.6 Å². The van der Waals surface area contributed by atoms with Gasteiger partial charge < -0.3 is 10.6 Å². The van der Waals surface area contributed by atoms with Gasteiger partial charge in [0.15, 0.2) is 0 Å². The Balaban J connectivity index is 1.76. The number of thiophene rings is 1. The lowest BCUT2D eigenvalue weighted by Crippen LogP contribution is -2.28. The number of rotatable bonds is 2. The molecule has 4 rings (SSSR count). The summed E-state index contributed by atoms with van der Waals surface area (Å²) < 4.78 is 1.73. The SMILES string of the molecule is Cc1ccc(-c2cc3c(N)cc(C(=O)N4CCCC4)cn3n2)s1. The van der Waals surface area contributed by atoms with Gasteiger partial charge in [-0.15, -0.1) is 11.3 Å². The molecule has 3 aromatic heterocycles. The number of nitrogens with zero attached hydrogens (tertiary/aromatic N) is 3. The molecule has 2 N–H and O–H groups in total. The Bertz CT molecular complexity index is 889. The van der Waals surface area contributed by atoms with Crippen molar-refractivity contribution in [1.29, 1.82) is 0 Å². The standard InChI is InChI=1S/C17H18N4OS/c1-11-4-5-16(23-11)14-9-15-13(18)8-12(10-21(15)19-14)17(22)20-6-2-3-7-20/h4-5,8-10H,2-3,6-7,18H2,1H3. The fourth-order valence-corrected chi connectivity index (χ4v) is 3.85. The minimum absolute atomic E-state index is 0.0418. The number of carbonyl (C=O) groups excluding carboxylic acids is 1. The Morgan fingerprint density at radius 1 is 1.26 bits per heavy atom. The van der Waals surface area contributed by atoms with E-state index >= 15 is 0 Å². The Labute approximate surface area is 138 Å². The minimum Gasteiger partial charge on any atom is -0.397 e. The molecule has 0 bridgehead atoms. The molecule has 118 valence electrons. The predicted octanol–water partition coefficient (Wildman–Crippen LogP) is 3.19. The van der Waals surface area contributed by atoms with E-state index in [9.17, 15) is 4.79 Å². The van der Waals surface area contributed by atoms with Gasteiger partial charge in [-0.05, 0) is 44.0 Å². The monoisotopic (exact) mass is 326 g/mol. The zero-order valence-electron chi connectivity index (χ0n) is 13.0. The average Bonchev–Trinajstić information content (AvgIpc) is 3.25. The maximum Gasteiger partial charge on any atom is 0.255 e. The van der Waals surface area contributed by atoms with Crippen molar-refractivity contribution >= 4 is 28.4 Å². The number of hydrogen-bond acceptors (Lipinski definition) is 4. The van der Waals surface area contributed by atoms with Gasteiger partial charge in [0, 0.05) is 24.2 Å². The first kappa shape index (κ1) is 14.3. The third kappa shape index (κ3) is 2.49. The van der Waals surface area contributed by atoms with Gasteiger partial charge in [0.2, 0.25) is 0 Å². The van der Waals surface area contributed by atoms with Gasteiger partial charge in [0.25, 0.3) is 5.91 Å². The Morgan fingerprint density at radius 2 is 2.04 bits per heavy atom. The number of amides is 1. The molecule has 0 radical (unpaired) electrons. The summed E-state index contributed by atoms with van der Waals surface area (Å²) in [5.74, 6) is 0.0418. The number of pyridine rings is 1. The Morgan fingerprint density at radius 3 is 2.74 bits per heavy atom. The summed E-state index contributed by atoms with van der Waals surface area (Å²) in [6.07, 6.45) is 3.94. The maximum atomic E-state index is 12.6. The number of aromatic nitrogens is 2. The quantitative estimate of drug-likeness (QED) is 0.786. The van der Waals surface area contributed by atoms with Gasteiger partial charge >= 0.3 is 0 Å². The van der Waals surface area contributed by atoms with Crippen LogP contribution in [0, 0.1) is 6.92 Å². The number of hydrogen-bond donors (Lipinski definition) is 1. The van der Waals surface area contributed by atoms with E-state index in [1.54, 1.807) is 28.1 Å². The number of nitrogens with two attached hydrogens (primary N) is 1. The molecule has 1 fully saturated rings. The molecule has 23 heavy (non-hydrogen) atoms. The molecule has 1 aliphatic rings. The van der Waals surface area contributed by atoms with E-state index in [1.807, 2.05) is 11.0 Å². The van der Waals surface area contributed by atoms with Gasteiger partial charge in [-0.25, -0.2) is 4.52 Å². The van der Waals surface area contributed by atoms with E-state index in [0.29, 0.717) is 11.3 Å². The molecular formula is C17H18N4OS. The summed E-state index contributed by atoms with van der Waals surface area (Å²) >= 11 is 1.70. The molecular weight excluding hydrogens is 308 g/mol. The molecule has 3 aromatic rings. The van der Waals surface area contributed by atoms with Crippen molar-refractivity contribution in [2.45, 2.75) is 19.8 Å². The van der Waals surface area contributed by atoms with Crippen LogP contribution < -0.4 is 5.73 Å². The molecule has 0 aromatic carbocycles. The fraction of sp³-hybridized carbons (Fsp3) is 0.294. The second-order valence-corrected chi connectivity index (χ2v) is 7.24. The van der Waals surface area contributed by atoms with Gasteiger partial charge in [0.05, 0.1) is 21.6 Å². The highest BCUT2D eigenvalue weighted by molar-refractivity contribution is 7.15. The minimum atomic E-state index is 0.0418. The predicted molar refractivity (Wildman–Crippen MR) is 92.8 cm³/mol. The average molecular weight is 326 g/mol. The van der Waals surface area contributed by atoms with Crippen molar-refractivity contribution in [3.05, 3.63) is 40.9 Å². The molecule has 0 spiro atoms. The van der Waals surface area contributed by atoms with E-state index in [2.05, 4.69) is 24.2 Å². The lowest BCUT2D eigenvalue weighted by Gasteiger charge is -2.15. The van der Waals surface area contributed by atoms with E-state index in [1.165, 1.54) is 4.88 Å². The maximum absolute atomic E-state index is 12.6. The van der Waals surface area contributed by atoms with Crippen molar-refractivity contribution in [3.8, 4) is 10.6 Å². The smallest absolute Gasteiger partial charge is 0.255 e. The number of nitrogen functional groups attached to an aromatic ring is 1. The van der Waals surface area contributed by atoms with E-state index in [4.69, 9.17) is 5.73 Å². The van der Waals surface area contributed by atoms with Gasteiger partial charge in [-0.2, -0.15) is 5.10 Å². The van der Waals surface area contributed by atoms with Crippen molar-refractivity contribution in [2.75, 3.05) is 18.8 Å². The van der Waals surface area contributed by atoms with Gasteiger partial charge in [-0.3, -0.25) is 4.79 Å².